The van der Waals surface area contributed by atoms with Crippen LogP contribution in [0.5, 0.6) is 5.75 Å². The van der Waals surface area contributed by atoms with Crippen molar-refractivity contribution in [3.8, 4) is 5.75 Å². The minimum Gasteiger partial charge on any atom is -0.406 e. The molecule has 0 saturated carbocycles. The Morgan fingerprint density at radius 2 is 1.83 bits per heavy atom. The van der Waals surface area contributed by atoms with Gasteiger partial charge >= 0.3 is 6.36 Å². The van der Waals surface area contributed by atoms with Crippen LogP contribution in [-0.4, -0.2) is 30.3 Å². The van der Waals surface area contributed by atoms with E-state index in [2.05, 4.69) is 26.0 Å². The van der Waals surface area contributed by atoms with E-state index in [0.717, 1.165) is 41.3 Å². The molecule has 5 nitrogen and oxygen atoms in total. The van der Waals surface area contributed by atoms with E-state index in [1.54, 1.807) is 11.3 Å². The van der Waals surface area contributed by atoms with E-state index in [4.69, 9.17) is 0 Å². The van der Waals surface area contributed by atoms with Crippen LogP contribution in [0, 0.1) is 5.92 Å². The van der Waals surface area contributed by atoms with Crippen molar-refractivity contribution in [1.29, 1.82) is 0 Å². The highest BCUT2D eigenvalue weighted by molar-refractivity contribution is 7.22. The summed E-state index contributed by atoms with van der Waals surface area (Å²) >= 11 is 1.66. The van der Waals surface area contributed by atoms with Gasteiger partial charge in [0.1, 0.15) is 5.75 Å². The number of benzene rings is 2. The first-order chi connectivity index (χ1) is 14.4. The average molecular weight is 435 g/mol. The third-order valence-corrected chi connectivity index (χ3v) is 6.14. The summed E-state index contributed by atoms with van der Waals surface area (Å²) in [4.78, 5) is 19.4. The first-order valence-corrected chi connectivity index (χ1v) is 10.4. The lowest BCUT2D eigenvalue weighted by Gasteiger charge is -2.31. The molecule has 30 heavy (non-hydrogen) atoms. The van der Waals surface area contributed by atoms with Gasteiger partial charge in [-0.3, -0.25) is 4.79 Å². The zero-order valence-electron chi connectivity index (χ0n) is 16.0. The van der Waals surface area contributed by atoms with Gasteiger partial charge in [0, 0.05) is 25.6 Å². The number of alkyl halides is 3. The summed E-state index contributed by atoms with van der Waals surface area (Å²) in [7, 11) is 0. The van der Waals surface area contributed by atoms with Crippen LogP contribution in [0.25, 0.3) is 10.2 Å². The van der Waals surface area contributed by atoms with Crippen molar-refractivity contribution in [3.63, 3.8) is 0 Å². The summed E-state index contributed by atoms with van der Waals surface area (Å²) in [5.41, 5.74) is 1.70. The van der Waals surface area contributed by atoms with E-state index in [1.807, 2.05) is 18.2 Å². The monoisotopic (exact) mass is 435 g/mol. The second-order valence-corrected chi connectivity index (χ2v) is 8.14. The van der Waals surface area contributed by atoms with Crippen molar-refractivity contribution in [2.75, 3.05) is 18.0 Å². The Balaban J connectivity index is 1.26. The van der Waals surface area contributed by atoms with Gasteiger partial charge < -0.3 is 15.0 Å². The highest BCUT2D eigenvalue weighted by Gasteiger charge is 2.31. The predicted octanol–water partition coefficient (Wildman–Crippen LogP) is 4.73. The number of piperidine rings is 1. The number of amides is 1. The Morgan fingerprint density at radius 1 is 1.13 bits per heavy atom. The maximum Gasteiger partial charge on any atom is 0.573 e. The number of hydrogen-bond acceptors (Lipinski definition) is 5. The van der Waals surface area contributed by atoms with Gasteiger partial charge in [-0.1, -0.05) is 35.6 Å². The van der Waals surface area contributed by atoms with Crippen molar-refractivity contribution in [2.45, 2.75) is 25.7 Å². The largest absolute Gasteiger partial charge is 0.573 e. The summed E-state index contributed by atoms with van der Waals surface area (Å²) in [6.07, 6.45) is -3.24. The Bertz CT molecular complexity index is 979. The maximum atomic E-state index is 12.5. The van der Waals surface area contributed by atoms with Gasteiger partial charge in [0.25, 0.3) is 0 Å². The number of ether oxygens (including phenoxy) is 1. The van der Waals surface area contributed by atoms with Gasteiger partial charge in [-0.25, -0.2) is 4.98 Å². The molecule has 1 fully saturated rings. The first kappa shape index (κ1) is 20.5. The SMILES string of the molecule is O=C(NCc1ccc(OC(F)(F)F)cc1)C1CCN(c2nc3ccccc3s2)CC1. The van der Waals surface area contributed by atoms with Crippen LogP contribution in [-0.2, 0) is 11.3 Å². The number of halogens is 3. The zero-order chi connectivity index (χ0) is 21.1. The standard InChI is InChI=1S/C21H20F3N3O2S/c22-21(23,24)29-16-7-5-14(6-8-16)13-25-19(28)15-9-11-27(12-10-15)20-26-17-3-1-2-4-18(17)30-20/h1-8,15H,9-13H2,(H,25,28). The quantitative estimate of drug-likeness (QED) is 0.630. The van der Waals surface area contributed by atoms with Crippen molar-refractivity contribution in [3.05, 3.63) is 54.1 Å². The number of anilines is 1. The molecule has 2 heterocycles. The number of aromatic nitrogens is 1. The third kappa shape index (κ3) is 5.02. The van der Waals surface area contributed by atoms with Crippen molar-refractivity contribution in [1.82, 2.24) is 10.3 Å². The van der Waals surface area contributed by atoms with Gasteiger partial charge in [0.05, 0.1) is 10.2 Å². The molecule has 3 aromatic rings. The van der Waals surface area contributed by atoms with Gasteiger partial charge in [-0.2, -0.15) is 0 Å². The highest BCUT2D eigenvalue weighted by Crippen LogP contribution is 2.31. The molecule has 1 amide bonds. The molecule has 0 unspecified atom stereocenters. The third-order valence-electron chi connectivity index (χ3n) is 5.04. The van der Waals surface area contributed by atoms with E-state index >= 15 is 0 Å². The molecule has 2 aromatic carbocycles. The number of rotatable bonds is 5. The van der Waals surface area contributed by atoms with Crippen molar-refractivity contribution < 1.29 is 22.7 Å². The summed E-state index contributed by atoms with van der Waals surface area (Å²) in [6, 6.07) is 13.5. The topological polar surface area (TPSA) is 54.5 Å². The van der Waals surface area contributed by atoms with E-state index < -0.39 is 6.36 Å². The van der Waals surface area contributed by atoms with Gasteiger partial charge in [0.2, 0.25) is 5.91 Å². The van der Waals surface area contributed by atoms with Crippen LogP contribution < -0.4 is 15.0 Å². The molecular weight excluding hydrogens is 415 g/mol. The van der Waals surface area contributed by atoms with Gasteiger partial charge in [0.15, 0.2) is 5.13 Å². The van der Waals surface area contributed by atoms with Gasteiger partial charge in [-0.15, -0.1) is 13.2 Å². The van der Waals surface area contributed by atoms with Crippen LogP contribution in [0.2, 0.25) is 0 Å². The molecule has 1 aliphatic heterocycles. The van der Waals surface area contributed by atoms with E-state index in [-0.39, 0.29) is 24.1 Å². The minimum atomic E-state index is -4.71. The minimum absolute atomic E-state index is 0.0328. The van der Waals surface area contributed by atoms with E-state index in [9.17, 15) is 18.0 Å². The number of nitrogens with zero attached hydrogens (tertiary/aromatic N) is 2. The molecule has 9 heteroatoms. The smallest absolute Gasteiger partial charge is 0.406 e. The number of thiazole rings is 1. The Morgan fingerprint density at radius 3 is 2.50 bits per heavy atom. The fourth-order valence-corrected chi connectivity index (χ4v) is 4.49. The highest BCUT2D eigenvalue weighted by atomic mass is 32.1. The molecule has 0 bridgehead atoms. The molecule has 0 aliphatic carbocycles. The fourth-order valence-electron chi connectivity index (χ4n) is 3.47. The molecule has 158 valence electrons. The lowest BCUT2D eigenvalue weighted by Crippen LogP contribution is -2.40. The molecule has 1 N–H and O–H groups in total. The van der Waals surface area contributed by atoms with Gasteiger partial charge in [-0.05, 0) is 42.7 Å². The number of nitrogens with one attached hydrogen (secondary N) is 1. The molecule has 1 aliphatic rings. The summed E-state index contributed by atoms with van der Waals surface area (Å²) < 4.78 is 41.6. The number of carbonyl (C=O) groups is 1. The van der Waals surface area contributed by atoms with Crippen LogP contribution in [0.3, 0.4) is 0 Å². The maximum absolute atomic E-state index is 12.5. The Hall–Kier alpha value is -2.81. The lowest BCUT2D eigenvalue weighted by molar-refractivity contribution is -0.274. The first-order valence-electron chi connectivity index (χ1n) is 9.60. The van der Waals surface area contributed by atoms with E-state index in [1.165, 1.54) is 24.3 Å². The average Bonchev–Trinajstić information content (AvgIpc) is 3.16. The molecule has 4 rings (SSSR count). The van der Waals surface area contributed by atoms with Crippen LogP contribution in [0.4, 0.5) is 18.3 Å². The van der Waals surface area contributed by atoms with Crippen molar-refractivity contribution >= 4 is 32.6 Å². The van der Waals surface area contributed by atoms with Crippen LogP contribution in [0.1, 0.15) is 18.4 Å². The zero-order valence-corrected chi connectivity index (χ0v) is 16.8. The molecule has 0 radical (unpaired) electrons. The Labute approximate surface area is 175 Å². The summed E-state index contributed by atoms with van der Waals surface area (Å²) in [5, 5.41) is 3.86. The second kappa shape index (κ2) is 8.51. The molecule has 1 aromatic heterocycles. The number of hydrogen-bond donors (Lipinski definition) is 1. The molecule has 0 spiro atoms. The van der Waals surface area contributed by atoms with Crippen LogP contribution in [0.15, 0.2) is 48.5 Å². The van der Waals surface area contributed by atoms with Crippen molar-refractivity contribution in [2.24, 2.45) is 5.92 Å². The number of para-hydroxylation sites is 1. The number of carbonyl (C=O) groups excluding carboxylic acids is 1. The number of fused-ring (bicyclic) bond motifs is 1. The normalized spacial score (nSPS) is 15.4. The molecular formula is C21H20F3N3O2S. The molecule has 1 saturated heterocycles. The van der Waals surface area contributed by atoms with Crippen LogP contribution >= 0.6 is 11.3 Å². The fraction of sp³-hybridized carbons (Fsp3) is 0.333. The lowest BCUT2D eigenvalue weighted by atomic mass is 9.96. The Kier molecular flexibility index (Phi) is 5.80. The summed E-state index contributed by atoms with van der Waals surface area (Å²) in [5.74, 6) is -0.391. The molecule has 0 atom stereocenters. The summed E-state index contributed by atoms with van der Waals surface area (Å²) in [6.45, 7) is 1.80. The predicted molar refractivity (Wildman–Crippen MR) is 110 cm³/mol. The second-order valence-electron chi connectivity index (χ2n) is 7.14. The van der Waals surface area contributed by atoms with E-state index in [0.29, 0.717) is 5.56 Å².